The number of hydrogen-bond acceptors (Lipinski definition) is 2. The van der Waals surface area contributed by atoms with E-state index in [-0.39, 0.29) is 5.60 Å². The first-order chi connectivity index (χ1) is 7.20. The van der Waals surface area contributed by atoms with E-state index >= 15 is 0 Å². The molecular weight excluding hydrogens is 188 g/mol. The van der Waals surface area contributed by atoms with Gasteiger partial charge in [-0.3, -0.25) is 0 Å². The van der Waals surface area contributed by atoms with Crippen LogP contribution in [0.25, 0.3) is 0 Å². The Balaban J connectivity index is 2.18. The highest BCUT2D eigenvalue weighted by Gasteiger charge is 2.32. The van der Waals surface area contributed by atoms with E-state index in [0.717, 1.165) is 19.4 Å². The fourth-order valence-electron chi connectivity index (χ4n) is 2.25. The van der Waals surface area contributed by atoms with Crippen LogP contribution in [0.2, 0.25) is 0 Å². The second-order valence-corrected chi connectivity index (χ2v) is 4.95. The topological polar surface area (TPSA) is 18.5 Å². The Morgan fingerprint density at radius 2 is 2.13 bits per heavy atom. The van der Waals surface area contributed by atoms with E-state index in [2.05, 4.69) is 13.8 Å². The average molecular weight is 214 g/mol. The maximum Gasteiger partial charge on any atom is 0.0697 e. The van der Waals surface area contributed by atoms with E-state index in [4.69, 9.17) is 9.47 Å². The first-order valence-electron chi connectivity index (χ1n) is 6.37. The van der Waals surface area contributed by atoms with Crippen molar-refractivity contribution in [3.8, 4) is 0 Å². The lowest BCUT2D eigenvalue weighted by molar-refractivity contribution is -0.114. The number of hydrogen-bond donors (Lipinski definition) is 0. The molecule has 0 spiro atoms. The molecule has 90 valence electrons. The van der Waals surface area contributed by atoms with E-state index in [1.54, 1.807) is 0 Å². The maximum atomic E-state index is 5.78. The lowest BCUT2D eigenvalue weighted by Crippen LogP contribution is -2.39. The molecule has 1 aliphatic rings. The zero-order valence-electron chi connectivity index (χ0n) is 10.6. The molecule has 1 fully saturated rings. The van der Waals surface area contributed by atoms with Crippen molar-refractivity contribution < 1.29 is 9.47 Å². The van der Waals surface area contributed by atoms with E-state index in [1.165, 1.54) is 32.1 Å². The molecule has 0 aromatic heterocycles. The van der Waals surface area contributed by atoms with Gasteiger partial charge in [-0.15, -0.1) is 0 Å². The largest absolute Gasteiger partial charge is 0.378 e. The van der Waals surface area contributed by atoms with Gasteiger partial charge >= 0.3 is 0 Å². The molecule has 0 aromatic carbocycles. The van der Waals surface area contributed by atoms with Crippen molar-refractivity contribution in [1.29, 1.82) is 0 Å². The highest BCUT2D eigenvalue weighted by molar-refractivity contribution is 4.83. The molecule has 0 aromatic rings. The van der Waals surface area contributed by atoms with Crippen LogP contribution in [0.3, 0.4) is 0 Å². The van der Waals surface area contributed by atoms with Crippen LogP contribution < -0.4 is 0 Å². The minimum atomic E-state index is 0.0632. The zero-order chi connectivity index (χ0) is 11.1. The number of methoxy groups -OCH3 is 1. The Morgan fingerprint density at radius 1 is 1.33 bits per heavy atom. The number of unbranched alkanes of at least 4 members (excludes halogenated alkanes) is 3. The Bertz CT molecular complexity index is 170. The molecule has 2 heteroatoms. The molecular formula is C13H26O2. The minimum absolute atomic E-state index is 0.0632. The van der Waals surface area contributed by atoms with Gasteiger partial charge in [0.1, 0.15) is 0 Å². The number of rotatable bonds is 6. The third-order valence-electron chi connectivity index (χ3n) is 3.52. The molecule has 0 amide bonds. The van der Waals surface area contributed by atoms with Gasteiger partial charge in [0.2, 0.25) is 0 Å². The lowest BCUT2D eigenvalue weighted by Gasteiger charge is -2.37. The summed E-state index contributed by atoms with van der Waals surface area (Å²) < 4.78 is 11.3. The van der Waals surface area contributed by atoms with Crippen LogP contribution >= 0.6 is 0 Å². The Hall–Kier alpha value is -0.0800. The van der Waals surface area contributed by atoms with Gasteiger partial charge in [-0.05, 0) is 19.8 Å². The van der Waals surface area contributed by atoms with Crippen LogP contribution in [0.1, 0.15) is 58.8 Å². The van der Waals surface area contributed by atoms with Crippen LogP contribution in [0.15, 0.2) is 0 Å². The molecule has 0 aliphatic carbocycles. The van der Waals surface area contributed by atoms with Crippen LogP contribution in [-0.2, 0) is 9.47 Å². The van der Waals surface area contributed by atoms with E-state index < -0.39 is 0 Å². The van der Waals surface area contributed by atoms with Crippen molar-refractivity contribution in [2.24, 2.45) is 0 Å². The van der Waals surface area contributed by atoms with Gasteiger partial charge in [0.05, 0.1) is 11.7 Å². The van der Waals surface area contributed by atoms with E-state index in [0.29, 0.717) is 6.10 Å². The van der Waals surface area contributed by atoms with Crippen LogP contribution in [-0.4, -0.2) is 25.4 Å². The van der Waals surface area contributed by atoms with Crippen LogP contribution in [0, 0.1) is 0 Å². The summed E-state index contributed by atoms with van der Waals surface area (Å²) in [4.78, 5) is 0. The Morgan fingerprint density at radius 3 is 2.80 bits per heavy atom. The smallest absolute Gasteiger partial charge is 0.0697 e. The van der Waals surface area contributed by atoms with Gasteiger partial charge in [-0.25, -0.2) is 0 Å². The molecule has 2 nitrogen and oxygen atoms in total. The first kappa shape index (κ1) is 13.0. The highest BCUT2D eigenvalue weighted by atomic mass is 16.5. The van der Waals surface area contributed by atoms with Crippen molar-refractivity contribution in [3.63, 3.8) is 0 Å². The second kappa shape index (κ2) is 6.49. The van der Waals surface area contributed by atoms with Crippen molar-refractivity contribution in [1.82, 2.24) is 0 Å². The van der Waals surface area contributed by atoms with Crippen molar-refractivity contribution >= 4 is 0 Å². The summed E-state index contributed by atoms with van der Waals surface area (Å²) >= 11 is 0. The first-order valence-corrected chi connectivity index (χ1v) is 6.37. The summed E-state index contributed by atoms with van der Waals surface area (Å²) in [7, 11) is 1.82. The van der Waals surface area contributed by atoms with Gasteiger partial charge in [-0.2, -0.15) is 0 Å². The summed E-state index contributed by atoms with van der Waals surface area (Å²) in [6.07, 6.45) is 9.05. The fourth-order valence-corrected chi connectivity index (χ4v) is 2.25. The van der Waals surface area contributed by atoms with Gasteiger partial charge < -0.3 is 9.47 Å². The monoisotopic (exact) mass is 214 g/mol. The highest BCUT2D eigenvalue weighted by Crippen LogP contribution is 2.29. The summed E-state index contributed by atoms with van der Waals surface area (Å²) in [5.41, 5.74) is 0.0632. The van der Waals surface area contributed by atoms with Gasteiger partial charge in [0.15, 0.2) is 0 Å². The summed E-state index contributed by atoms with van der Waals surface area (Å²) in [6, 6.07) is 0. The Kier molecular flexibility index (Phi) is 5.62. The normalized spacial score (nSPS) is 31.8. The predicted octanol–water partition coefficient (Wildman–Crippen LogP) is 3.54. The zero-order valence-corrected chi connectivity index (χ0v) is 10.6. The van der Waals surface area contributed by atoms with Gasteiger partial charge in [0.25, 0.3) is 0 Å². The van der Waals surface area contributed by atoms with E-state index in [1.807, 2.05) is 7.11 Å². The summed E-state index contributed by atoms with van der Waals surface area (Å²) in [5, 5.41) is 0. The minimum Gasteiger partial charge on any atom is -0.378 e. The molecule has 1 aliphatic heterocycles. The van der Waals surface area contributed by atoms with Crippen molar-refractivity contribution in [2.45, 2.75) is 70.5 Å². The third kappa shape index (κ3) is 4.52. The molecule has 1 saturated heterocycles. The van der Waals surface area contributed by atoms with E-state index in [9.17, 15) is 0 Å². The molecule has 15 heavy (non-hydrogen) atoms. The quantitative estimate of drug-likeness (QED) is 0.630. The van der Waals surface area contributed by atoms with Gasteiger partial charge in [0, 0.05) is 20.1 Å². The van der Waals surface area contributed by atoms with Crippen molar-refractivity contribution in [2.75, 3.05) is 13.7 Å². The molecule has 0 saturated carbocycles. The summed E-state index contributed by atoms with van der Waals surface area (Å²) in [6.45, 7) is 5.32. The lowest BCUT2D eigenvalue weighted by atomic mass is 9.90. The standard InChI is InChI=1S/C13H26O2/c1-4-5-6-7-8-12-11-13(2,14-3)9-10-15-12/h12H,4-11H2,1-3H3. The predicted molar refractivity (Wildman–Crippen MR) is 63.1 cm³/mol. The molecule has 0 radical (unpaired) electrons. The van der Waals surface area contributed by atoms with Gasteiger partial charge in [-0.1, -0.05) is 32.6 Å². The van der Waals surface area contributed by atoms with Crippen LogP contribution in [0.5, 0.6) is 0 Å². The number of ether oxygens (including phenoxy) is 2. The molecule has 1 heterocycles. The molecule has 1 rings (SSSR count). The molecule has 0 bridgehead atoms. The van der Waals surface area contributed by atoms with Crippen molar-refractivity contribution in [3.05, 3.63) is 0 Å². The SMILES string of the molecule is CCCCCCC1CC(C)(OC)CCO1. The molecule has 2 atom stereocenters. The van der Waals surface area contributed by atoms with Crippen LogP contribution in [0.4, 0.5) is 0 Å². The second-order valence-electron chi connectivity index (χ2n) is 4.95. The fraction of sp³-hybridized carbons (Fsp3) is 1.00. The average Bonchev–Trinajstić information content (AvgIpc) is 2.25. The molecule has 0 N–H and O–H groups in total. The third-order valence-corrected chi connectivity index (χ3v) is 3.52. The maximum absolute atomic E-state index is 5.78. The molecule has 2 unspecified atom stereocenters. The Labute approximate surface area is 94.3 Å². The summed E-state index contributed by atoms with van der Waals surface area (Å²) in [5.74, 6) is 0.